The number of nitriles is 1. The summed E-state index contributed by atoms with van der Waals surface area (Å²) >= 11 is 3.08. The number of rotatable bonds is 6. The summed E-state index contributed by atoms with van der Waals surface area (Å²) in [6, 6.07) is 6.21. The van der Waals surface area contributed by atoms with Crippen LogP contribution in [0.2, 0.25) is 0 Å². The summed E-state index contributed by atoms with van der Waals surface area (Å²) < 4.78 is 0.343. The fraction of sp³-hybridized carbons (Fsp3) is 0.286. The van der Waals surface area contributed by atoms with Gasteiger partial charge in [-0.15, -0.1) is 0 Å². The van der Waals surface area contributed by atoms with Gasteiger partial charge < -0.3 is 5.32 Å². The number of nitro groups is 1. The topological polar surface area (TPSA) is 96.0 Å². The average Bonchev–Trinajstić information content (AvgIpc) is 2.46. The highest BCUT2D eigenvalue weighted by Gasteiger charge is 2.13. The van der Waals surface area contributed by atoms with E-state index in [0.29, 0.717) is 16.6 Å². The van der Waals surface area contributed by atoms with Crippen molar-refractivity contribution in [3.8, 4) is 6.07 Å². The lowest BCUT2D eigenvalue weighted by Crippen LogP contribution is -2.25. The zero-order chi connectivity index (χ0) is 15.8. The van der Waals surface area contributed by atoms with Crippen LogP contribution in [0.4, 0.5) is 5.69 Å². The van der Waals surface area contributed by atoms with Crippen molar-refractivity contribution < 1.29 is 9.72 Å². The zero-order valence-corrected chi connectivity index (χ0v) is 13.0. The minimum absolute atomic E-state index is 0.0808. The molecule has 1 aromatic rings. The predicted octanol–water partition coefficient (Wildman–Crippen LogP) is 3.18. The molecule has 0 radical (unpaired) electrons. The van der Waals surface area contributed by atoms with E-state index in [1.165, 1.54) is 18.2 Å². The normalized spacial score (nSPS) is 10.8. The molecule has 1 aromatic carbocycles. The Morgan fingerprint density at radius 2 is 2.29 bits per heavy atom. The van der Waals surface area contributed by atoms with Gasteiger partial charge in [-0.3, -0.25) is 14.9 Å². The van der Waals surface area contributed by atoms with Gasteiger partial charge in [0.15, 0.2) is 0 Å². The summed E-state index contributed by atoms with van der Waals surface area (Å²) in [7, 11) is 0. The number of nitro benzene ring substituents is 1. The van der Waals surface area contributed by atoms with Gasteiger partial charge in [-0.05, 0) is 40.1 Å². The Bertz CT molecular complexity index is 620. The van der Waals surface area contributed by atoms with E-state index in [0.717, 1.165) is 12.8 Å². The molecule has 0 aromatic heterocycles. The minimum Gasteiger partial charge on any atom is -0.351 e. The number of nitrogens with one attached hydrogen (secondary N) is 1. The van der Waals surface area contributed by atoms with Crippen LogP contribution < -0.4 is 5.32 Å². The van der Waals surface area contributed by atoms with Crippen LogP contribution in [-0.4, -0.2) is 17.4 Å². The van der Waals surface area contributed by atoms with Gasteiger partial charge in [0.2, 0.25) is 0 Å². The number of unbranched alkanes of at least 4 members (excludes halogenated alkanes) is 1. The molecule has 0 heterocycles. The molecule has 0 aliphatic heterocycles. The molecule has 1 rings (SSSR count). The molecule has 0 fully saturated rings. The van der Waals surface area contributed by atoms with Crippen LogP contribution in [0.15, 0.2) is 28.2 Å². The first-order valence-corrected chi connectivity index (χ1v) is 7.12. The second-order valence-electron chi connectivity index (χ2n) is 4.25. The first kappa shape index (κ1) is 16.9. The van der Waals surface area contributed by atoms with Crippen molar-refractivity contribution >= 4 is 33.6 Å². The van der Waals surface area contributed by atoms with Crippen LogP contribution in [0, 0.1) is 21.4 Å². The van der Waals surface area contributed by atoms with Gasteiger partial charge in [0.1, 0.15) is 11.6 Å². The number of hydrogen-bond acceptors (Lipinski definition) is 4. The number of carbonyl (C=O) groups excluding carboxylic acids is 1. The molecule has 0 atom stereocenters. The SMILES string of the molecule is CCCCNC(=O)/C(C#N)=C/c1ccc(Br)c([N+](=O)[O-])c1. The highest BCUT2D eigenvalue weighted by Crippen LogP contribution is 2.26. The molecule has 0 saturated heterocycles. The fourth-order valence-electron chi connectivity index (χ4n) is 1.55. The molecule has 0 saturated carbocycles. The van der Waals surface area contributed by atoms with Crippen molar-refractivity contribution in [1.82, 2.24) is 5.32 Å². The van der Waals surface area contributed by atoms with Gasteiger partial charge >= 0.3 is 0 Å². The maximum absolute atomic E-state index is 11.8. The van der Waals surface area contributed by atoms with E-state index < -0.39 is 10.8 Å². The van der Waals surface area contributed by atoms with Gasteiger partial charge in [0, 0.05) is 12.6 Å². The largest absolute Gasteiger partial charge is 0.351 e. The third kappa shape index (κ3) is 5.00. The van der Waals surface area contributed by atoms with Crippen molar-refractivity contribution in [3.63, 3.8) is 0 Å². The van der Waals surface area contributed by atoms with E-state index in [9.17, 15) is 14.9 Å². The second kappa shape index (κ2) is 8.17. The fourth-order valence-corrected chi connectivity index (χ4v) is 1.94. The van der Waals surface area contributed by atoms with Gasteiger partial charge in [-0.25, -0.2) is 0 Å². The highest BCUT2D eigenvalue weighted by atomic mass is 79.9. The number of benzene rings is 1. The quantitative estimate of drug-likeness (QED) is 0.280. The molecular weight excluding hydrogens is 338 g/mol. The van der Waals surface area contributed by atoms with Crippen LogP contribution in [0.3, 0.4) is 0 Å². The van der Waals surface area contributed by atoms with Crippen LogP contribution in [0.25, 0.3) is 6.08 Å². The molecule has 0 spiro atoms. The molecule has 21 heavy (non-hydrogen) atoms. The van der Waals surface area contributed by atoms with Crippen molar-refractivity contribution in [2.45, 2.75) is 19.8 Å². The molecule has 1 N–H and O–H groups in total. The number of hydrogen-bond donors (Lipinski definition) is 1. The summed E-state index contributed by atoms with van der Waals surface area (Å²) in [6.45, 7) is 2.49. The highest BCUT2D eigenvalue weighted by molar-refractivity contribution is 9.10. The van der Waals surface area contributed by atoms with Gasteiger partial charge in [-0.1, -0.05) is 19.4 Å². The number of halogens is 1. The van der Waals surface area contributed by atoms with E-state index >= 15 is 0 Å². The standard InChI is InChI=1S/C14H14BrN3O3/c1-2-3-6-17-14(19)11(9-16)7-10-4-5-12(15)13(8-10)18(20)21/h4-5,7-8H,2-3,6H2,1H3,(H,17,19)/b11-7+. The Morgan fingerprint density at radius 1 is 1.57 bits per heavy atom. The third-order valence-electron chi connectivity index (χ3n) is 2.66. The second-order valence-corrected chi connectivity index (χ2v) is 5.10. The molecule has 7 heteroatoms. The molecule has 0 aliphatic carbocycles. The Morgan fingerprint density at radius 3 is 2.86 bits per heavy atom. The third-order valence-corrected chi connectivity index (χ3v) is 3.33. The lowest BCUT2D eigenvalue weighted by Gasteiger charge is -2.03. The lowest BCUT2D eigenvalue weighted by atomic mass is 10.1. The Labute approximate surface area is 130 Å². The number of nitrogens with zero attached hydrogens (tertiary/aromatic N) is 2. The van der Waals surface area contributed by atoms with Crippen LogP contribution in [0.5, 0.6) is 0 Å². The smallest absolute Gasteiger partial charge is 0.284 e. The van der Waals surface area contributed by atoms with Crippen molar-refractivity contribution in [1.29, 1.82) is 5.26 Å². The van der Waals surface area contributed by atoms with E-state index in [1.807, 2.05) is 13.0 Å². The maximum atomic E-state index is 11.8. The molecule has 1 amide bonds. The zero-order valence-electron chi connectivity index (χ0n) is 11.4. The molecule has 0 aliphatic rings. The first-order valence-electron chi connectivity index (χ1n) is 6.33. The summed E-state index contributed by atoms with van der Waals surface area (Å²) in [4.78, 5) is 22.1. The van der Waals surface area contributed by atoms with Gasteiger partial charge in [0.25, 0.3) is 11.6 Å². The van der Waals surface area contributed by atoms with E-state index in [-0.39, 0.29) is 11.3 Å². The Kier molecular flexibility index (Phi) is 6.56. The number of amides is 1. The Hall–Kier alpha value is -2.20. The van der Waals surface area contributed by atoms with E-state index in [2.05, 4.69) is 21.2 Å². The van der Waals surface area contributed by atoms with E-state index in [1.54, 1.807) is 6.07 Å². The lowest BCUT2D eigenvalue weighted by molar-refractivity contribution is -0.385. The maximum Gasteiger partial charge on any atom is 0.284 e. The summed E-state index contributed by atoms with van der Waals surface area (Å²) in [5.41, 5.74) is 0.224. The molecule has 6 nitrogen and oxygen atoms in total. The average molecular weight is 352 g/mol. The van der Waals surface area contributed by atoms with Crippen molar-refractivity contribution in [3.05, 3.63) is 43.9 Å². The molecular formula is C14H14BrN3O3. The molecule has 110 valence electrons. The summed E-state index contributed by atoms with van der Waals surface area (Å²) in [5, 5.41) is 22.5. The van der Waals surface area contributed by atoms with Crippen LogP contribution >= 0.6 is 15.9 Å². The van der Waals surface area contributed by atoms with Gasteiger partial charge in [0.05, 0.1) is 9.40 Å². The summed E-state index contributed by atoms with van der Waals surface area (Å²) in [6.07, 6.45) is 3.10. The predicted molar refractivity (Wildman–Crippen MR) is 82.3 cm³/mol. The summed E-state index contributed by atoms with van der Waals surface area (Å²) in [5.74, 6) is -0.475. The number of carbonyl (C=O) groups is 1. The Balaban J connectivity index is 2.98. The minimum atomic E-state index is -0.533. The van der Waals surface area contributed by atoms with Crippen LogP contribution in [0.1, 0.15) is 25.3 Å². The monoisotopic (exact) mass is 351 g/mol. The van der Waals surface area contributed by atoms with Gasteiger partial charge in [-0.2, -0.15) is 5.26 Å². The van der Waals surface area contributed by atoms with Crippen molar-refractivity contribution in [2.24, 2.45) is 0 Å². The molecule has 0 bridgehead atoms. The van der Waals surface area contributed by atoms with Crippen LogP contribution in [-0.2, 0) is 4.79 Å². The first-order chi connectivity index (χ1) is 9.99. The van der Waals surface area contributed by atoms with E-state index in [4.69, 9.17) is 5.26 Å². The molecule has 0 unspecified atom stereocenters. The van der Waals surface area contributed by atoms with Crippen molar-refractivity contribution in [2.75, 3.05) is 6.54 Å².